The van der Waals surface area contributed by atoms with Crippen molar-refractivity contribution in [2.45, 2.75) is 19.4 Å². The third-order valence-electron chi connectivity index (χ3n) is 4.35. The number of likely N-dealkylation sites (tertiary alicyclic amines) is 1. The molecule has 1 aliphatic heterocycles. The normalized spacial score (nSPS) is 32.3. The van der Waals surface area contributed by atoms with Gasteiger partial charge in [0, 0.05) is 25.6 Å². The maximum atomic E-state index is 5.65. The fourth-order valence-corrected chi connectivity index (χ4v) is 3.56. The summed E-state index contributed by atoms with van der Waals surface area (Å²) < 4.78 is 0. The average Bonchev–Trinajstić information content (AvgIpc) is 2.61. The monoisotopic (exact) mass is 225 g/mol. The molecule has 2 aliphatic rings. The zero-order valence-corrected chi connectivity index (χ0v) is 10.2. The second-order valence-electron chi connectivity index (χ2n) is 5.47. The molecule has 1 saturated carbocycles. The molecule has 3 rings (SSSR count). The van der Waals surface area contributed by atoms with Gasteiger partial charge < -0.3 is 0 Å². The third kappa shape index (κ3) is 2.10. The van der Waals surface area contributed by atoms with Crippen molar-refractivity contribution in [2.24, 2.45) is 17.8 Å². The van der Waals surface area contributed by atoms with E-state index in [2.05, 4.69) is 41.2 Å². The topological polar surface area (TPSA) is 3.24 Å². The van der Waals surface area contributed by atoms with E-state index in [4.69, 9.17) is 6.42 Å². The lowest BCUT2D eigenvalue weighted by Crippen LogP contribution is -2.40. The third-order valence-corrected chi connectivity index (χ3v) is 4.35. The van der Waals surface area contributed by atoms with E-state index in [1.165, 1.54) is 31.5 Å². The lowest BCUT2D eigenvalue weighted by Gasteiger charge is -2.35. The van der Waals surface area contributed by atoms with Gasteiger partial charge in [0.2, 0.25) is 0 Å². The van der Waals surface area contributed by atoms with Crippen LogP contribution in [0.15, 0.2) is 30.3 Å². The molecule has 17 heavy (non-hydrogen) atoms. The zero-order valence-electron chi connectivity index (χ0n) is 10.2. The van der Waals surface area contributed by atoms with Crippen LogP contribution in [0.3, 0.4) is 0 Å². The predicted molar refractivity (Wildman–Crippen MR) is 70.3 cm³/mol. The smallest absolute Gasteiger partial charge is 0.0281 e. The Morgan fingerprint density at radius 1 is 1.12 bits per heavy atom. The first-order valence-corrected chi connectivity index (χ1v) is 6.59. The summed E-state index contributed by atoms with van der Waals surface area (Å²) in [7, 11) is 0. The van der Waals surface area contributed by atoms with Crippen molar-refractivity contribution in [1.29, 1.82) is 0 Å². The van der Waals surface area contributed by atoms with Gasteiger partial charge in [0.25, 0.3) is 0 Å². The Morgan fingerprint density at radius 2 is 1.76 bits per heavy atom. The number of rotatable bonds is 2. The van der Waals surface area contributed by atoms with E-state index in [0.29, 0.717) is 5.92 Å². The standard InChI is InChI=1S/C16H19N/c1-2-16-14-8-9-15(16)12-17(11-14)10-13-6-4-3-5-7-13/h1,3-7,14-16H,8-12H2. The molecular formula is C16H19N. The minimum absolute atomic E-state index is 0.557. The molecule has 1 aromatic carbocycles. The minimum atomic E-state index is 0.557. The van der Waals surface area contributed by atoms with E-state index in [9.17, 15) is 0 Å². The lowest BCUT2D eigenvalue weighted by molar-refractivity contribution is 0.130. The highest BCUT2D eigenvalue weighted by Crippen LogP contribution is 2.41. The van der Waals surface area contributed by atoms with Crippen molar-refractivity contribution >= 4 is 0 Å². The molecule has 1 saturated heterocycles. The van der Waals surface area contributed by atoms with E-state index in [1.54, 1.807) is 0 Å². The van der Waals surface area contributed by atoms with E-state index in [1.807, 2.05) is 0 Å². The Labute approximate surface area is 104 Å². The first-order valence-electron chi connectivity index (χ1n) is 6.59. The maximum absolute atomic E-state index is 5.65. The van der Waals surface area contributed by atoms with Gasteiger partial charge in [-0.05, 0) is 30.2 Å². The number of fused-ring (bicyclic) bond motifs is 2. The van der Waals surface area contributed by atoms with Gasteiger partial charge in [-0.15, -0.1) is 12.3 Å². The van der Waals surface area contributed by atoms with Crippen molar-refractivity contribution in [3.63, 3.8) is 0 Å². The van der Waals surface area contributed by atoms with Crippen LogP contribution in [0.1, 0.15) is 18.4 Å². The summed E-state index contributed by atoms with van der Waals surface area (Å²) >= 11 is 0. The van der Waals surface area contributed by atoms with Crippen LogP contribution in [0.2, 0.25) is 0 Å². The fourth-order valence-electron chi connectivity index (χ4n) is 3.56. The molecule has 1 aromatic rings. The number of benzene rings is 1. The molecule has 1 aliphatic carbocycles. The van der Waals surface area contributed by atoms with E-state index in [-0.39, 0.29) is 0 Å². The summed E-state index contributed by atoms with van der Waals surface area (Å²) in [6, 6.07) is 10.8. The molecule has 1 nitrogen and oxygen atoms in total. The van der Waals surface area contributed by atoms with Gasteiger partial charge in [-0.1, -0.05) is 30.3 Å². The summed E-state index contributed by atoms with van der Waals surface area (Å²) in [5.41, 5.74) is 1.42. The number of hydrogen-bond donors (Lipinski definition) is 0. The Morgan fingerprint density at radius 3 is 2.35 bits per heavy atom. The van der Waals surface area contributed by atoms with Gasteiger partial charge >= 0.3 is 0 Å². The van der Waals surface area contributed by atoms with Gasteiger partial charge in [0.05, 0.1) is 0 Å². The first kappa shape index (κ1) is 10.9. The van der Waals surface area contributed by atoms with Gasteiger partial charge in [0.1, 0.15) is 0 Å². The average molecular weight is 225 g/mol. The Balaban J connectivity index is 1.67. The fraction of sp³-hybridized carbons (Fsp3) is 0.500. The zero-order chi connectivity index (χ0) is 11.7. The molecule has 0 amide bonds. The largest absolute Gasteiger partial charge is 0.298 e. The van der Waals surface area contributed by atoms with Crippen LogP contribution >= 0.6 is 0 Å². The van der Waals surface area contributed by atoms with Crippen molar-refractivity contribution in [3.05, 3.63) is 35.9 Å². The molecule has 0 radical (unpaired) electrons. The van der Waals surface area contributed by atoms with E-state index >= 15 is 0 Å². The maximum Gasteiger partial charge on any atom is 0.0281 e. The second-order valence-corrected chi connectivity index (χ2v) is 5.47. The van der Waals surface area contributed by atoms with Crippen LogP contribution in [0, 0.1) is 30.1 Å². The van der Waals surface area contributed by atoms with Gasteiger partial charge in [-0.25, -0.2) is 0 Å². The minimum Gasteiger partial charge on any atom is -0.298 e. The quantitative estimate of drug-likeness (QED) is 0.700. The van der Waals surface area contributed by atoms with E-state index < -0.39 is 0 Å². The molecule has 2 unspecified atom stereocenters. The van der Waals surface area contributed by atoms with Crippen LogP contribution in [0.4, 0.5) is 0 Å². The summed E-state index contributed by atoms with van der Waals surface area (Å²) in [5, 5.41) is 0. The molecule has 2 bridgehead atoms. The van der Waals surface area contributed by atoms with Gasteiger partial charge in [0.15, 0.2) is 0 Å². The highest BCUT2D eigenvalue weighted by atomic mass is 15.1. The summed E-state index contributed by atoms with van der Waals surface area (Å²) in [6.07, 6.45) is 8.33. The first-order chi connectivity index (χ1) is 8.36. The Bertz CT molecular complexity index is 403. The summed E-state index contributed by atoms with van der Waals surface area (Å²) in [5.74, 6) is 5.09. The van der Waals surface area contributed by atoms with Crippen LogP contribution < -0.4 is 0 Å². The number of nitrogens with zero attached hydrogens (tertiary/aromatic N) is 1. The molecule has 0 spiro atoms. The summed E-state index contributed by atoms with van der Waals surface area (Å²) in [6.45, 7) is 3.48. The molecular weight excluding hydrogens is 206 g/mol. The Kier molecular flexibility index (Phi) is 2.91. The van der Waals surface area contributed by atoms with Crippen LogP contribution in [0.25, 0.3) is 0 Å². The van der Waals surface area contributed by atoms with Crippen molar-refractivity contribution in [2.75, 3.05) is 13.1 Å². The number of terminal acetylenes is 1. The highest BCUT2D eigenvalue weighted by Gasteiger charge is 2.40. The molecule has 1 heterocycles. The van der Waals surface area contributed by atoms with Crippen molar-refractivity contribution in [3.8, 4) is 12.3 Å². The van der Waals surface area contributed by atoms with E-state index in [0.717, 1.165) is 18.4 Å². The molecule has 0 aromatic heterocycles. The van der Waals surface area contributed by atoms with Gasteiger partial charge in [-0.3, -0.25) is 4.90 Å². The number of piperidine rings is 1. The molecule has 0 N–H and O–H groups in total. The number of hydrogen-bond acceptors (Lipinski definition) is 1. The molecule has 2 atom stereocenters. The molecule has 2 fully saturated rings. The van der Waals surface area contributed by atoms with Crippen LogP contribution in [-0.4, -0.2) is 18.0 Å². The van der Waals surface area contributed by atoms with Crippen LogP contribution in [-0.2, 0) is 6.54 Å². The lowest BCUT2D eigenvalue weighted by atomic mass is 9.86. The van der Waals surface area contributed by atoms with Gasteiger partial charge in [-0.2, -0.15) is 0 Å². The van der Waals surface area contributed by atoms with Crippen molar-refractivity contribution in [1.82, 2.24) is 4.90 Å². The molecule has 88 valence electrons. The second kappa shape index (κ2) is 4.55. The van der Waals surface area contributed by atoms with Crippen molar-refractivity contribution < 1.29 is 0 Å². The Hall–Kier alpha value is -1.26. The SMILES string of the molecule is C#CC1C2CCC1CN(Cc1ccccc1)C2. The summed E-state index contributed by atoms with van der Waals surface area (Å²) in [4.78, 5) is 2.59. The van der Waals surface area contributed by atoms with Crippen LogP contribution in [0.5, 0.6) is 0 Å². The molecule has 1 heteroatoms. The predicted octanol–water partition coefficient (Wildman–Crippen LogP) is 2.78. The highest BCUT2D eigenvalue weighted by molar-refractivity contribution is 5.15.